The smallest absolute Gasteiger partial charge is 0.250 e. The Labute approximate surface area is 126 Å². The average molecular weight is 316 g/mol. The summed E-state index contributed by atoms with van der Waals surface area (Å²) in [7, 11) is -3.32. The van der Waals surface area contributed by atoms with Crippen LogP contribution in [0.1, 0.15) is 43.4 Å². The van der Waals surface area contributed by atoms with Crippen LogP contribution in [0, 0.1) is 6.92 Å². The Kier molecular flexibility index (Phi) is 6.01. The Bertz CT molecular complexity index is 503. The van der Waals surface area contributed by atoms with Gasteiger partial charge in [0.2, 0.25) is 10.0 Å². The topological polar surface area (TPSA) is 58.2 Å². The molecular formula is C14H24N2O2S2. The molecule has 6 heteroatoms. The minimum atomic E-state index is -3.32. The minimum Gasteiger partial charge on any atom is -0.313 e. The van der Waals surface area contributed by atoms with E-state index in [0.717, 1.165) is 4.88 Å². The summed E-state index contributed by atoms with van der Waals surface area (Å²) < 4.78 is 27.1. The van der Waals surface area contributed by atoms with E-state index in [2.05, 4.69) is 10.0 Å². The monoisotopic (exact) mass is 316 g/mol. The van der Waals surface area contributed by atoms with Crippen molar-refractivity contribution < 1.29 is 8.42 Å². The maximum absolute atomic E-state index is 12.0. The minimum absolute atomic E-state index is 0.407. The lowest BCUT2D eigenvalue weighted by molar-refractivity contribution is 0.461. The van der Waals surface area contributed by atoms with Crippen LogP contribution in [0.2, 0.25) is 0 Å². The molecule has 1 aliphatic carbocycles. The molecule has 1 heterocycles. The van der Waals surface area contributed by atoms with Crippen LogP contribution in [-0.2, 0) is 10.0 Å². The molecule has 114 valence electrons. The number of hydrogen-bond donors (Lipinski definition) is 2. The van der Waals surface area contributed by atoms with Crippen LogP contribution < -0.4 is 10.0 Å². The van der Waals surface area contributed by atoms with Crippen molar-refractivity contribution in [2.45, 2.75) is 55.7 Å². The Balaban J connectivity index is 1.72. The van der Waals surface area contributed by atoms with Crippen molar-refractivity contribution in [3.05, 3.63) is 17.0 Å². The standard InChI is InChI=1S/C14H24N2O2S2/c1-12-8-9-14(19-12)20(17,18)16-11-10-15-13-6-4-2-3-5-7-13/h8-9,13,15-16H,2-7,10-11H2,1H3. The molecule has 0 amide bonds. The molecule has 0 aromatic carbocycles. The molecule has 0 spiro atoms. The van der Waals surface area contributed by atoms with Gasteiger partial charge >= 0.3 is 0 Å². The van der Waals surface area contributed by atoms with Gasteiger partial charge in [0.1, 0.15) is 4.21 Å². The second-order valence-electron chi connectivity index (χ2n) is 5.41. The van der Waals surface area contributed by atoms with Crippen LogP contribution in [0.15, 0.2) is 16.3 Å². The van der Waals surface area contributed by atoms with Crippen molar-refractivity contribution in [1.82, 2.24) is 10.0 Å². The number of aryl methyl sites for hydroxylation is 1. The fourth-order valence-corrected chi connectivity index (χ4v) is 4.93. The Hall–Kier alpha value is -0.430. The van der Waals surface area contributed by atoms with E-state index in [1.54, 1.807) is 6.07 Å². The molecule has 0 radical (unpaired) electrons. The summed E-state index contributed by atoms with van der Waals surface area (Å²) in [6, 6.07) is 4.07. The first-order valence-electron chi connectivity index (χ1n) is 7.37. The number of thiophene rings is 1. The highest BCUT2D eigenvalue weighted by Crippen LogP contribution is 2.20. The summed E-state index contributed by atoms with van der Waals surface area (Å²) in [4.78, 5) is 1.02. The van der Waals surface area contributed by atoms with Crippen LogP contribution in [0.4, 0.5) is 0 Å². The molecular weight excluding hydrogens is 292 g/mol. The van der Waals surface area contributed by atoms with Crippen LogP contribution >= 0.6 is 11.3 Å². The lowest BCUT2D eigenvalue weighted by Gasteiger charge is -2.16. The molecule has 20 heavy (non-hydrogen) atoms. The Morgan fingerprint density at radius 1 is 1.15 bits per heavy atom. The highest BCUT2D eigenvalue weighted by Gasteiger charge is 2.16. The number of sulfonamides is 1. The van der Waals surface area contributed by atoms with Crippen LogP contribution in [0.25, 0.3) is 0 Å². The molecule has 0 unspecified atom stereocenters. The van der Waals surface area contributed by atoms with E-state index in [4.69, 9.17) is 0 Å². The Morgan fingerprint density at radius 3 is 2.45 bits per heavy atom. The molecule has 1 fully saturated rings. The molecule has 0 atom stereocenters. The molecule has 1 aromatic heterocycles. The maximum atomic E-state index is 12.0. The van der Waals surface area contributed by atoms with Gasteiger partial charge in [0, 0.05) is 24.0 Å². The van der Waals surface area contributed by atoms with Gasteiger partial charge in [-0.2, -0.15) is 0 Å². The van der Waals surface area contributed by atoms with Crippen LogP contribution in [0.5, 0.6) is 0 Å². The van der Waals surface area contributed by atoms with Gasteiger partial charge in [-0.1, -0.05) is 25.7 Å². The Morgan fingerprint density at radius 2 is 1.85 bits per heavy atom. The van der Waals surface area contributed by atoms with Crippen molar-refractivity contribution in [2.75, 3.05) is 13.1 Å². The van der Waals surface area contributed by atoms with E-state index in [1.165, 1.54) is 49.9 Å². The van der Waals surface area contributed by atoms with Gasteiger partial charge in [0.15, 0.2) is 0 Å². The predicted octanol–water partition coefficient (Wildman–Crippen LogP) is 2.65. The van der Waals surface area contributed by atoms with Gasteiger partial charge in [-0.3, -0.25) is 0 Å². The van der Waals surface area contributed by atoms with E-state index in [0.29, 0.717) is 23.3 Å². The van der Waals surface area contributed by atoms with Gasteiger partial charge in [-0.25, -0.2) is 13.1 Å². The highest BCUT2D eigenvalue weighted by atomic mass is 32.2. The third-order valence-corrected chi connectivity index (χ3v) is 6.64. The summed E-state index contributed by atoms with van der Waals surface area (Å²) in [5.74, 6) is 0. The average Bonchev–Trinajstić information content (AvgIpc) is 2.70. The summed E-state index contributed by atoms with van der Waals surface area (Å²) in [5.41, 5.74) is 0. The van der Waals surface area contributed by atoms with E-state index in [9.17, 15) is 8.42 Å². The van der Waals surface area contributed by atoms with E-state index in [-0.39, 0.29) is 0 Å². The maximum Gasteiger partial charge on any atom is 0.250 e. The molecule has 0 aliphatic heterocycles. The lowest BCUT2D eigenvalue weighted by atomic mass is 10.1. The molecule has 4 nitrogen and oxygen atoms in total. The zero-order valence-corrected chi connectivity index (χ0v) is 13.7. The SMILES string of the molecule is Cc1ccc(S(=O)(=O)NCCNC2CCCCCC2)s1. The van der Waals surface area contributed by atoms with Crippen molar-refractivity contribution in [2.24, 2.45) is 0 Å². The van der Waals surface area contributed by atoms with Crippen LogP contribution in [-0.4, -0.2) is 27.5 Å². The fraction of sp³-hybridized carbons (Fsp3) is 0.714. The second kappa shape index (κ2) is 7.54. The molecule has 1 aliphatic rings. The number of rotatable bonds is 6. The zero-order chi connectivity index (χ0) is 14.4. The molecule has 1 aromatic rings. The first-order valence-corrected chi connectivity index (χ1v) is 9.67. The second-order valence-corrected chi connectivity index (χ2v) is 8.69. The van der Waals surface area contributed by atoms with Crippen molar-refractivity contribution >= 4 is 21.4 Å². The van der Waals surface area contributed by atoms with E-state index in [1.807, 2.05) is 13.0 Å². The molecule has 0 saturated heterocycles. The van der Waals surface area contributed by atoms with Gasteiger partial charge in [0.05, 0.1) is 0 Å². The largest absolute Gasteiger partial charge is 0.313 e. The van der Waals surface area contributed by atoms with Gasteiger partial charge in [0.25, 0.3) is 0 Å². The van der Waals surface area contributed by atoms with Crippen LogP contribution in [0.3, 0.4) is 0 Å². The van der Waals surface area contributed by atoms with Gasteiger partial charge in [-0.05, 0) is 31.9 Å². The normalized spacial score (nSPS) is 18.1. The van der Waals surface area contributed by atoms with Gasteiger partial charge < -0.3 is 5.32 Å². The third-order valence-electron chi connectivity index (χ3n) is 3.69. The predicted molar refractivity (Wildman–Crippen MR) is 83.7 cm³/mol. The number of nitrogens with one attached hydrogen (secondary N) is 2. The first kappa shape index (κ1) is 15.9. The molecule has 1 saturated carbocycles. The molecule has 0 bridgehead atoms. The quantitative estimate of drug-likeness (QED) is 0.626. The summed E-state index contributed by atoms with van der Waals surface area (Å²) >= 11 is 1.31. The third kappa shape index (κ3) is 4.84. The zero-order valence-electron chi connectivity index (χ0n) is 12.0. The summed E-state index contributed by atoms with van der Waals surface area (Å²) in [5, 5.41) is 3.47. The van der Waals surface area contributed by atoms with E-state index >= 15 is 0 Å². The van der Waals surface area contributed by atoms with Gasteiger partial charge in [-0.15, -0.1) is 11.3 Å². The summed E-state index contributed by atoms with van der Waals surface area (Å²) in [6.07, 6.45) is 7.69. The van der Waals surface area contributed by atoms with Crippen molar-refractivity contribution in [3.63, 3.8) is 0 Å². The summed E-state index contributed by atoms with van der Waals surface area (Å²) in [6.45, 7) is 3.07. The van der Waals surface area contributed by atoms with E-state index < -0.39 is 10.0 Å². The molecule has 2 rings (SSSR count). The fourth-order valence-electron chi connectivity index (χ4n) is 2.57. The number of hydrogen-bond acceptors (Lipinski definition) is 4. The van der Waals surface area contributed by atoms with Crippen molar-refractivity contribution in [1.29, 1.82) is 0 Å². The highest BCUT2D eigenvalue weighted by molar-refractivity contribution is 7.91. The first-order chi connectivity index (χ1) is 9.58. The van der Waals surface area contributed by atoms with Crippen molar-refractivity contribution in [3.8, 4) is 0 Å². The molecule has 2 N–H and O–H groups in total. The lowest BCUT2D eigenvalue weighted by Crippen LogP contribution is -2.36.